The molecule has 12 atom stereocenters. The molecule has 0 radical (unpaired) electrons. The number of carbonyl (C=O) groups is 2. The summed E-state index contributed by atoms with van der Waals surface area (Å²) in [5.74, 6) is 8.67. The summed E-state index contributed by atoms with van der Waals surface area (Å²) in [5, 5.41) is 3.61. The van der Waals surface area contributed by atoms with Gasteiger partial charge in [-0.25, -0.2) is 0 Å². The molecule has 3 saturated heterocycles. The van der Waals surface area contributed by atoms with E-state index in [0.29, 0.717) is 35.5 Å². The van der Waals surface area contributed by atoms with Gasteiger partial charge in [0.1, 0.15) is 11.6 Å². The molecule has 10 rings (SSSR count). The fourth-order valence-electron chi connectivity index (χ4n) is 17.8. The van der Waals surface area contributed by atoms with E-state index in [1.54, 1.807) is 0 Å². The van der Waals surface area contributed by atoms with Gasteiger partial charge in [-0.2, -0.15) is 0 Å². The molecule has 0 aromatic heterocycles. The highest BCUT2D eigenvalue weighted by Crippen LogP contribution is 2.55. The Hall–Kier alpha value is -0.780. The molecule has 3 heterocycles. The van der Waals surface area contributed by atoms with E-state index in [1.165, 1.54) is 128 Å². The lowest BCUT2D eigenvalue weighted by Gasteiger charge is -2.46. The van der Waals surface area contributed by atoms with Crippen LogP contribution in [0, 0.1) is 71.0 Å². The Morgan fingerprint density at radius 2 is 0.839 bits per heavy atom. The first kappa shape index (κ1) is 39.4. The van der Waals surface area contributed by atoms with E-state index < -0.39 is 0 Å². The number of hydrogen-bond acceptors (Lipinski definition) is 5. The maximum Gasteiger partial charge on any atom is 0.139 e. The average molecular weight is 770 g/mol. The Morgan fingerprint density at radius 3 is 1.30 bits per heavy atom. The third-order valence-electron chi connectivity index (χ3n) is 20.2. The topological polar surface area (TPSA) is 52.7 Å². The summed E-state index contributed by atoms with van der Waals surface area (Å²) in [5.41, 5.74) is 0. The standard InChI is InChI=1S/C51H83N3O2/c1-32-9-7-13-44-42-11-3-5-15-46(42)53(48(32)44)40-21-17-35(18-22-40)50(55)38-29-37(34-25-27-52-28-26-34)30-39(31-38)51(56)36-19-23-41(24-20-36)54-47-16-6-4-12-43(47)45-14-8-10-33(2)49(45)54/h32-49,52H,3-31H2,1-2H3. The van der Waals surface area contributed by atoms with Gasteiger partial charge in [-0.1, -0.05) is 52.4 Å². The van der Waals surface area contributed by atoms with Gasteiger partial charge in [0.25, 0.3) is 0 Å². The molecular weight excluding hydrogens is 687 g/mol. The Morgan fingerprint density at radius 1 is 0.411 bits per heavy atom. The zero-order chi connectivity index (χ0) is 37.9. The first-order valence-corrected chi connectivity index (χ1v) is 25.8. The molecule has 0 aromatic carbocycles. The first-order valence-electron chi connectivity index (χ1n) is 25.8. The van der Waals surface area contributed by atoms with Crippen molar-refractivity contribution in [2.75, 3.05) is 13.1 Å². The third-order valence-corrected chi connectivity index (χ3v) is 20.2. The third kappa shape index (κ3) is 7.28. The van der Waals surface area contributed by atoms with E-state index >= 15 is 0 Å². The van der Waals surface area contributed by atoms with Crippen LogP contribution in [-0.2, 0) is 9.59 Å². The molecule has 7 saturated carbocycles. The number of rotatable bonds is 7. The van der Waals surface area contributed by atoms with Gasteiger partial charge < -0.3 is 5.32 Å². The van der Waals surface area contributed by atoms with Gasteiger partial charge in [-0.15, -0.1) is 0 Å². The van der Waals surface area contributed by atoms with E-state index in [4.69, 9.17) is 0 Å². The number of likely N-dealkylation sites (tertiary alicyclic amines) is 2. The maximum absolute atomic E-state index is 14.8. The van der Waals surface area contributed by atoms with E-state index in [0.717, 1.165) is 118 Å². The molecule has 1 N–H and O–H groups in total. The molecule has 5 heteroatoms. The van der Waals surface area contributed by atoms with Crippen molar-refractivity contribution in [2.45, 2.75) is 223 Å². The first-order chi connectivity index (χ1) is 27.4. The van der Waals surface area contributed by atoms with Crippen molar-refractivity contribution in [2.24, 2.45) is 71.0 Å². The summed E-state index contributed by atoms with van der Waals surface area (Å²) >= 11 is 0. The summed E-state index contributed by atoms with van der Waals surface area (Å²) in [4.78, 5) is 35.8. The molecule has 7 aliphatic carbocycles. The van der Waals surface area contributed by atoms with Gasteiger partial charge in [0.2, 0.25) is 0 Å². The van der Waals surface area contributed by atoms with Crippen molar-refractivity contribution in [3.63, 3.8) is 0 Å². The summed E-state index contributed by atoms with van der Waals surface area (Å²) in [7, 11) is 0. The number of ketones is 2. The van der Waals surface area contributed by atoms with Gasteiger partial charge in [0.15, 0.2) is 0 Å². The Kier molecular flexibility index (Phi) is 11.9. The molecule has 314 valence electrons. The van der Waals surface area contributed by atoms with Crippen LogP contribution in [0.15, 0.2) is 0 Å². The van der Waals surface area contributed by atoms with Crippen molar-refractivity contribution in [1.29, 1.82) is 0 Å². The molecule has 0 bridgehead atoms. The highest BCUT2D eigenvalue weighted by molar-refractivity contribution is 5.87. The fourth-order valence-corrected chi connectivity index (χ4v) is 17.8. The number of carbonyl (C=O) groups excluding carboxylic acids is 2. The lowest BCUT2D eigenvalue weighted by molar-refractivity contribution is -0.135. The minimum absolute atomic E-state index is 0.130. The van der Waals surface area contributed by atoms with Crippen molar-refractivity contribution in [3.05, 3.63) is 0 Å². The maximum atomic E-state index is 14.8. The van der Waals surface area contributed by atoms with E-state index in [9.17, 15) is 9.59 Å². The zero-order valence-electron chi connectivity index (χ0n) is 36.1. The van der Waals surface area contributed by atoms with E-state index in [-0.39, 0.29) is 23.7 Å². The molecule has 10 aliphatic rings. The Bertz CT molecular complexity index is 1270. The Balaban J connectivity index is 0.793. The van der Waals surface area contributed by atoms with Crippen molar-refractivity contribution in [1.82, 2.24) is 15.1 Å². The molecule has 10 fully saturated rings. The van der Waals surface area contributed by atoms with Gasteiger partial charge in [-0.05, 0) is 195 Å². The number of piperidine rings is 1. The predicted octanol–water partition coefficient (Wildman–Crippen LogP) is 10.6. The minimum Gasteiger partial charge on any atom is -0.317 e. The lowest BCUT2D eigenvalue weighted by Crippen LogP contribution is -2.51. The van der Waals surface area contributed by atoms with Gasteiger partial charge in [0, 0.05) is 59.9 Å². The molecule has 0 spiro atoms. The average Bonchev–Trinajstić information content (AvgIpc) is 3.78. The van der Waals surface area contributed by atoms with Crippen LogP contribution < -0.4 is 5.32 Å². The number of fused-ring (bicyclic) bond motifs is 6. The Labute approximate surface area is 342 Å². The van der Waals surface area contributed by atoms with Crippen LogP contribution in [0.2, 0.25) is 0 Å². The number of nitrogens with one attached hydrogen (secondary N) is 1. The molecule has 0 amide bonds. The second kappa shape index (κ2) is 16.9. The summed E-state index contributed by atoms with van der Waals surface area (Å²) < 4.78 is 0. The molecule has 12 unspecified atom stereocenters. The van der Waals surface area contributed by atoms with Crippen LogP contribution in [0.5, 0.6) is 0 Å². The second-order valence-corrected chi connectivity index (χ2v) is 22.8. The molecule has 0 aromatic rings. The zero-order valence-corrected chi connectivity index (χ0v) is 36.1. The number of Topliss-reactive ketones (excluding diaryl/α,β-unsaturated/α-hetero) is 2. The monoisotopic (exact) mass is 770 g/mol. The quantitative estimate of drug-likeness (QED) is 0.279. The van der Waals surface area contributed by atoms with Crippen LogP contribution >= 0.6 is 0 Å². The summed E-state index contributed by atoms with van der Waals surface area (Å²) in [6.07, 6.45) is 35.2. The molecule has 3 aliphatic heterocycles. The fraction of sp³-hybridized carbons (Fsp3) is 0.961. The van der Waals surface area contributed by atoms with Crippen molar-refractivity contribution >= 4 is 11.6 Å². The predicted molar refractivity (Wildman–Crippen MR) is 227 cm³/mol. The van der Waals surface area contributed by atoms with Crippen molar-refractivity contribution in [3.8, 4) is 0 Å². The lowest BCUT2D eigenvalue weighted by atomic mass is 9.63. The highest BCUT2D eigenvalue weighted by atomic mass is 16.1. The smallest absolute Gasteiger partial charge is 0.139 e. The summed E-state index contributed by atoms with van der Waals surface area (Å²) in [6, 6.07) is 4.69. The largest absolute Gasteiger partial charge is 0.317 e. The van der Waals surface area contributed by atoms with Crippen LogP contribution in [0.3, 0.4) is 0 Å². The second-order valence-electron chi connectivity index (χ2n) is 22.8. The van der Waals surface area contributed by atoms with Gasteiger partial charge in [-0.3, -0.25) is 19.4 Å². The van der Waals surface area contributed by atoms with Crippen LogP contribution in [0.1, 0.15) is 187 Å². The van der Waals surface area contributed by atoms with Crippen LogP contribution in [0.4, 0.5) is 0 Å². The van der Waals surface area contributed by atoms with Gasteiger partial charge >= 0.3 is 0 Å². The van der Waals surface area contributed by atoms with E-state index in [2.05, 4.69) is 29.0 Å². The van der Waals surface area contributed by atoms with Gasteiger partial charge in [0.05, 0.1) is 0 Å². The normalized spacial score (nSPS) is 49.4. The molecule has 56 heavy (non-hydrogen) atoms. The van der Waals surface area contributed by atoms with Crippen molar-refractivity contribution < 1.29 is 9.59 Å². The van der Waals surface area contributed by atoms with E-state index in [1.807, 2.05) is 0 Å². The molecular formula is C51H83N3O2. The minimum atomic E-state index is 0.130. The highest BCUT2D eigenvalue weighted by Gasteiger charge is 2.56. The van der Waals surface area contributed by atoms with Crippen LogP contribution in [0.25, 0.3) is 0 Å². The van der Waals surface area contributed by atoms with Crippen LogP contribution in [-0.4, -0.2) is 70.7 Å². The number of nitrogens with zero attached hydrogens (tertiary/aromatic N) is 2. The number of hydrogen-bond donors (Lipinski definition) is 1. The molecule has 5 nitrogen and oxygen atoms in total. The SMILES string of the molecule is CC1CCCC2C3CCCCC3N(C3CCC(C(=O)C4CC(C(=O)C5CCC(N6C7CCCCC7C7CCCC(C)C76)CC5)CC(C5CCNCC5)C4)CC3)C12. The summed E-state index contributed by atoms with van der Waals surface area (Å²) in [6.45, 7) is 7.38.